The number of furan rings is 1. The topological polar surface area (TPSA) is 95.1 Å². The van der Waals surface area contributed by atoms with Crippen LogP contribution in [0.15, 0.2) is 58.3 Å². The molecular formula is C22H23N5O3S. The minimum atomic E-state index is -0.118. The van der Waals surface area contributed by atoms with Crippen molar-refractivity contribution in [3.05, 3.63) is 60.3 Å². The van der Waals surface area contributed by atoms with Crippen LogP contribution in [-0.2, 0) is 11.3 Å². The molecule has 0 bridgehead atoms. The summed E-state index contributed by atoms with van der Waals surface area (Å²) in [5.41, 5.74) is 2.47. The van der Waals surface area contributed by atoms with Gasteiger partial charge in [-0.3, -0.25) is 4.79 Å². The Hall–Kier alpha value is -3.33. The van der Waals surface area contributed by atoms with E-state index in [-0.39, 0.29) is 17.6 Å². The fraction of sp³-hybridized carbons (Fsp3) is 0.273. The smallest absolute Gasteiger partial charge is 0.230 e. The number of rotatable bonds is 8. The van der Waals surface area contributed by atoms with Gasteiger partial charge in [-0.15, -0.1) is 5.10 Å². The van der Waals surface area contributed by atoms with Gasteiger partial charge in [-0.2, -0.15) is 10.2 Å². The molecule has 3 aromatic heterocycles. The summed E-state index contributed by atoms with van der Waals surface area (Å²) >= 11 is 1.32. The standard InChI is InChI=1S/C22H23N5O3S/c1-14(2)20-16-12-24-27(17-8-4-5-9-18(17)29-3)21(16)22(26-25-20)31-13-19(28)23-11-15-7-6-10-30-15/h4-10,12,14H,11,13H2,1-3H3,(H,23,28). The van der Waals surface area contributed by atoms with E-state index in [4.69, 9.17) is 9.15 Å². The van der Waals surface area contributed by atoms with E-state index in [0.717, 1.165) is 22.3 Å². The Labute approximate surface area is 184 Å². The number of carbonyl (C=O) groups excluding carboxylic acids is 1. The largest absolute Gasteiger partial charge is 0.494 e. The van der Waals surface area contributed by atoms with E-state index >= 15 is 0 Å². The maximum Gasteiger partial charge on any atom is 0.230 e. The minimum Gasteiger partial charge on any atom is -0.494 e. The van der Waals surface area contributed by atoms with Crippen molar-refractivity contribution in [1.29, 1.82) is 0 Å². The number of hydrogen-bond donors (Lipinski definition) is 1. The van der Waals surface area contributed by atoms with Gasteiger partial charge in [-0.25, -0.2) is 4.68 Å². The van der Waals surface area contributed by atoms with E-state index in [0.29, 0.717) is 23.1 Å². The van der Waals surface area contributed by atoms with Gasteiger partial charge in [0.2, 0.25) is 5.91 Å². The highest BCUT2D eigenvalue weighted by molar-refractivity contribution is 8.00. The molecule has 4 aromatic rings. The van der Waals surface area contributed by atoms with Crippen molar-refractivity contribution < 1.29 is 13.9 Å². The number of fused-ring (bicyclic) bond motifs is 1. The van der Waals surface area contributed by atoms with Crippen LogP contribution in [-0.4, -0.2) is 38.7 Å². The second kappa shape index (κ2) is 9.22. The summed E-state index contributed by atoms with van der Waals surface area (Å²) < 4.78 is 12.6. The van der Waals surface area contributed by atoms with Crippen molar-refractivity contribution in [2.24, 2.45) is 0 Å². The molecule has 0 aliphatic rings. The lowest BCUT2D eigenvalue weighted by Gasteiger charge is -2.12. The Morgan fingerprint density at radius 1 is 1.23 bits per heavy atom. The second-order valence-electron chi connectivity index (χ2n) is 7.18. The van der Waals surface area contributed by atoms with E-state index in [1.165, 1.54) is 11.8 Å². The first-order valence-corrected chi connectivity index (χ1v) is 10.9. The Morgan fingerprint density at radius 3 is 2.81 bits per heavy atom. The highest BCUT2D eigenvalue weighted by atomic mass is 32.2. The maximum absolute atomic E-state index is 12.4. The predicted octanol–water partition coefficient (Wildman–Crippen LogP) is 3.95. The number of ether oxygens (including phenoxy) is 1. The number of nitrogens with one attached hydrogen (secondary N) is 1. The highest BCUT2D eigenvalue weighted by Crippen LogP contribution is 2.33. The number of thioether (sulfide) groups is 1. The molecule has 3 heterocycles. The number of aromatic nitrogens is 4. The summed E-state index contributed by atoms with van der Waals surface area (Å²) in [4.78, 5) is 12.4. The van der Waals surface area contributed by atoms with Crippen LogP contribution < -0.4 is 10.1 Å². The normalized spacial score (nSPS) is 11.2. The van der Waals surface area contributed by atoms with Gasteiger partial charge in [0.15, 0.2) is 0 Å². The van der Waals surface area contributed by atoms with E-state index in [2.05, 4.69) is 34.5 Å². The fourth-order valence-electron chi connectivity index (χ4n) is 3.24. The van der Waals surface area contributed by atoms with Crippen LogP contribution >= 0.6 is 11.8 Å². The van der Waals surface area contributed by atoms with Crippen LogP contribution in [0.25, 0.3) is 16.6 Å². The average molecular weight is 438 g/mol. The number of nitrogens with zero attached hydrogens (tertiary/aromatic N) is 4. The number of benzene rings is 1. The van der Waals surface area contributed by atoms with Crippen molar-refractivity contribution in [1.82, 2.24) is 25.3 Å². The molecule has 0 saturated carbocycles. The van der Waals surface area contributed by atoms with E-state index in [1.807, 2.05) is 30.3 Å². The molecule has 0 fully saturated rings. The third kappa shape index (κ3) is 4.41. The molecule has 0 unspecified atom stereocenters. The minimum absolute atomic E-state index is 0.118. The molecule has 31 heavy (non-hydrogen) atoms. The lowest BCUT2D eigenvalue weighted by atomic mass is 10.1. The lowest BCUT2D eigenvalue weighted by molar-refractivity contribution is -0.118. The van der Waals surface area contributed by atoms with Crippen molar-refractivity contribution in [2.45, 2.75) is 31.3 Å². The van der Waals surface area contributed by atoms with Gasteiger partial charge < -0.3 is 14.5 Å². The number of methoxy groups -OCH3 is 1. The SMILES string of the molecule is COc1ccccc1-n1ncc2c(C(C)C)nnc(SCC(=O)NCc3ccco3)c21. The predicted molar refractivity (Wildman–Crippen MR) is 119 cm³/mol. The van der Waals surface area contributed by atoms with Crippen LogP contribution in [0.4, 0.5) is 0 Å². The molecule has 0 aliphatic carbocycles. The third-order valence-corrected chi connectivity index (χ3v) is 5.69. The van der Waals surface area contributed by atoms with E-state index in [9.17, 15) is 4.79 Å². The summed E-state index contributed by atoms with van der Waals surface area (Å²) in [7, 11) is 1.63. The Kier molecular flexibility index (Phi) is 6.22. The molecule has 1 amide bonds. The Morgan fingerprint density at radius 2 is 2.06 bits per heavy atom. The summed E-state index contributed by atoms with van der Waals surface area (Å²) in [6, 6.07) is 11.3. The molecule has 0 atom stereocenters. The van der Waals surface area contributed by atoms with Crippen molar-refractivity contribution in [3.8, 4) is 11.4 Å². The summed E-state index contributed by atoms with van der Waals surface area (Å²) in [5.74, 6) is 1.66. The van der Waals surface area contributed by atoms with Crippen LogP contribution in [0.3, 0.4) is 0 Å². The summed E-state index contributed by atoms with van der Waals surface area (Å²) in [6.07, 6.45) is 3.38. The molecule has 1 aromatic carbocycles. The molecule has 9 heteroatoms. The molecule has 0 aliphatic heterocycles. The zero-order chi connectivity index (χ0) is 21.8. The first kappa shape index (κ1) is 20.9. The Balaban J connectivity index is 1.65. The lowest BCUT2D eigenvalue weighted by Crippen LogP contribution is -2.24. The number of para-hydroxylation sites is 2. The van der Waals surface area contributed by atoms with Gasteiger partial charge in [0.05, 0.1) is 37.6 Å². The van der Waals surface area contributed by atoms with Gasteiger partial charge in [0, 0.05) is 5.39 Å². The average Bonchev–Trinajstić information content (AvgIpc) is 3.46. The van der Waals surface area contributed by atoms with E-state index < -0.39 is 0 Å². The maximum atomic E-state index is 12.4. The zero-order valence-corrected chi connectivity index (χ0v) is 18.3. The Bertz CT molecular complexity index is 1190. The summed E-state index contributed by atoms with van der Waals surface area (Å²) in [6.45, 7) is 4.48. The zero-order valence-electron chi connectivity index (χ0n) is 17.5. The number of hydrogen-bond acceptors (Lipinski definition) is 7. The quantitative estimate of drug-likeness (QED) is 0.417. The number of amides is 1. The van der Waals surface area contributed by atoms with Crippen LogP contribution in [0, 0.1) is 0 Å². The van der Waals surface area contributed by atoms with Crippen molar-refractivity contribution in [3.63, 3.8) is 0 Å². The van der Waals surface area contributed by atoms with Crippen LogP contribution in [0.2, 0.25) is 0 Å². The van der Waals surface area contributed by atoms with Gasteiger partial charge in [0.1, 0.15) is 27.7 Å². The van der Waals surface area contributed by atoms with Crippen LogP contribution in [0.1, 0.15) is 31.2 Å². The molecule has 4 rings (SSSR count). The summed E-state index contributed by atoms with van der Waals surface area (Å²) in [5, 5.41) is 17.9. The van der Waals surface area contributed by atoms with Gasteiger partial charge in [-0.1, -0.05) is 37.7 Å². The molecular weight excluding hydrogens is 414 g/mol. The molecule has 0 spiro atoms. The second-order valence-corrected chi connectivity index (χ2v) is 8.14. The van der Waals surface area contributed by atoms with Gasteiger partial charge in [-0.05, 0) is 30.2 Å². The van der Waals surface area contributed by atoms with Crippen molar-refractivity contribution in [2.75, 3.05) is 12.9 Å². The molecule has 0 radical (unpaired) electrons. The molecule has 1 N–H and O–H groups in total. The monoisotopic (exact) mass is 437 g/mol. The molecule has 0 saturated heterocycles. The van der Waals surface area contributed by atoms with Crippen molar-refractivity contribution >= 4 is 28.6 Å². The van der Waals surface area contributed by atoms with Crippen LogP contribution in [0.5, 0.6) is 5.75 Å². The molecule has 160 valence electrons. The third-order valence-electron chi connectivity index (χ3n) is 4.74. The number of carbonyl (C=O) groups is 1. The van der Waals surface area contributed by atoms with E-state index in [1.54, 1.807) is 30.3 Å². The first-order valence-electron chi connectivity index (χ1n) is 9.88. The highest BCUT2D eigenvalue weighted by Gasteiger charge is 2.20. The van der Waals surface area contributed by atoms with Gasteiger partial charge >= 0.3 is 0 Å². The molecule has 8 nitrogen and oxygen atoms in total. The van der Waals surface area contributed by atoms with Gasteiger partial charge in [0.25, 0.3) is 0 Å². The first-order chi connectivity index (χ1) is 15.1. The fourth-order valence-corrected chi connectivity index (χ4v) is 4.04.